The van der Waals surface area contributed by atoms with Crippen LogP contribution < -0.4 is 14.8 Å². The summed E-state index contributed by atoms with van der Waals surface area (Å²) in [6.07, 6.45) is 0. The number of amides is 1. The molecule has 0 bridgehead atoms. The van der Waals surface area contributed by atoms with Gasteiger partial charge in [-0.2, -0.15) is 0 Å². The second-order valence-corrected chi connectivity index (χ2v) is 5.58. The van der Waals surface area contributed by atoms with E-state index in [0.717, 1.165) is 27.8 Å². The highest BCUT2D eigenvalue weighted by Crippen LogP contribution is 2.25. The SMILES string of the molecule is COc1ccc2ccc(OCC(=O)Nc3ccc(C)cc3)cc2c1. The van der Waals surface area contributed by atoms with Crippen LogP contribution in [0.25, 0.3) is 10.8 Å². The van der Waals surface area contributed by atoms with Gasteiger partial charge in [0.25, 0.3) is 5.91 Å². The van der Waals surface area contributed by atoms with Crippen LogP contribution >= 0.6 is 0 Å². The molecule has 3 rings (SSSR count). The molecule has 122 valence electrons. The number of fused-ring (bicyclic) bond motifs is 1. The van der Waals surface area contributed by atoms with E-state index in [1.54, 1.807) is 7.11 Å². The molecule has 1 N–H and O–H groups in total. The fourth-order valence-corrected chi connectivity index (χ4v) is 2.40. The van der Waals surface area contributed by atoms with E-state index < -0.39 is 0 Å². The maximum Gasteiger partial charge on any atom is 0.262 e. The maximum absolute atomic E-state index is 12.0. The van der Waals surface area contributed by atoms with Crippen molar-refractivity contribution < 1.29 is 14.3 Å². The molecular weight excluding hydrogens is 302 g/mol. The van der Waals surface area contributed by atoms with Gasteiger partial charge in [0, 0.05) is 5.69 Å². The first-order valence-electron chi connectivity index (χ1n) is 7.71. The molecule has 0 saturated heterocycles. The van der Waals surface area contributed by atoms with E-state index in [9.17, 15) is 4.79 Å². The van der Waals surface area contributed by atoms with E-state index >= 15 is 0 Å². The van der Waals surface area contributed by atoms with Gasteiger partial charge in [0.1, 0.15) is 11.5 Å². The fourth-order valence-electron chi connectivity index (χ4n) is 2.40. The highest BCUT2D eigenvalue weighted by Gasteiger charge is 2.05. The third-order valence-electron chi connectivity index (χ3n) is 3.72. The van der Waals surface area contributed by atoms with Crippen LogP contribution in [0, 0.1) is 6.92 Å². The van der Waals surface area contributed by atoms with E-state index in [0.29, 0.717) is 5.75 Å². The van der Waals surface area contributed by atoms with Crippen LogP contribution in [-0.4, -0.2) is 19.6 Å². The molecule has 1 amide bonds. The van der Waals surface area contributed by atoms with Gasteiger partial charge in [0.05, 0.1) is 7.11 Å². The van der Waals surface area contributed by atoms with E-state index in [1.807, 2.05) is 67.6 Å². The molecule has 0 fully saturated rings. The first-order chi connectivity index (χ1) is 11.6. The summed E-state index contributed by atoms with van der Waals surface area (Å²) in [6, 6.07) is 19.2. The van der Waals surface area contributed by atoms with Crippen LogP contribution in [0.4, 0.5) is 5.69 Å². The van der Waals surface area contributed by atoms with E-state index in [-0.39, 0.29) is 12.5 Å². The van der Waals surface area contributed by atoms with Crippen molar-refractivity contribution in [1.82, 2.24) is 0 Å². The number of carbonyl (C=O) groups excluding carboxylic acids is 1. The molecule has 0 saturated carbocycles. The predicted molar refractivity (Wildman–Crippen MR) is 95.8 cm³/mol. The zero-order valence-corrected chi connectivity index (χ0v) is 13.7. The third kappa shape index (κ3) is 3.84. The van der Waals surface area contributed by atoms with Crippen LogP contribution in [0.5, 0.6) is 11.5 Å². The van der Waals surface area contributed by atoms with Crippen molar-refractivity contribution in [2.45, 2.75) is 6.92 Å². The number of methoxy groups -OCH3 is 1. The number of rotatable bonds is 5. The van der Waals surface area contributed by atoms with E-state index in [4.69, 9.17) is 9.47 Å². The topological polar surface area (TPSA) is 47.6 Å². The summed E-state index contributed by atoms with van der Waals surface area (Å²) in [4.78, 5) is 12.0. The van der Waals surface area contributed by atoms with Crippen molar-refractivity contribution in [1.29, 1.82) is 0 Å². The van der Waals surface area contributed by atoms with Crippen molar-refractivity contribution >= 4 is 22.4 Å². The summed E-state index contributed by atoms with van der Waals surface area (Å²) in [7, 11) is 1.64. The average molecular weight is 321 g/mol. The normalized spacial score (nSPS) is 10.4. The summed E-state index contributed by atoms with van der Waals surface area (Å²) < 4.78 is 10.8. The number of aryl methyl sites for hydroxylation is 1. The number of carbonyl (C=O) groups is 1. The van der Waals surface area contributed by atoms with Crippen molar-refractivity contribution in [2.75, 3.05) is 19.0 Å². The van der Waals surface area contributed by atoms with Crippen molar-refractivity contribution in [2.24, 2.45) is 0 Å². The van der Waals surface area contributed by atoms with Gasteiger partial charge in [-0.3, -0.25) is 4.79 Å². The molecule has 0 aromatic heterocycles. The monoisotopic (exact) mass is 321 g/mol. The Kier molecular flexibility index (Phi) is 4.66. The van der Waals surface area contributed by atoms with Crippen LogP contribution in [0.1, 0.15) is 5.56 Å². The van der Waals surface area contributed by atoms with Gasteiger partial charge in [-0.25, -0.2) is 0 Å². The molecule has 24 heavy (non-hydrogen) atoms. The molecule has 4 nitrogen and oxygen atoms in total. The van der Waals surface area contributed by atoms with Gasteiger partial charge >= 0.3 is 0 Å². The van der Waals surface area contributed by atoms with Gasteiger partial charge in [-0.15, -0.1) is 0 Å². The Morgan fingerprint density at radius 1 is 0.917 bits per heavy atom. The molecule has 0 heterocycles. The first kappa shape index (κ1) is 15.9. The van der Waals surface area contributed by atoms with Crippen LogP contribution in [0.15, 0.2) is 60.7 Å². The molecule has 0 atom stereocenters. The molecule has 4 heteroatoms. The van der Waals surface area contributed by atoms with Crippen molar-refractivity contribution in [3.8, 4) is 11.5 Å². The fraction of sp³-hybridized carbons (Fsp3) is 0.150. The molecule has 3 aromatic rings. The Morgan fingerprint density at radius 2 is 1.58 bits per heavy atom. The Bertz CT molecular complexity index is 856. The van der Waals surface area contributed by atoms with Gasteiger partial charge in [-0.1, -0.05) is 29.8 Å². The molecule has 3 aromatic carbocycles. The molecular formula is C20H19NO3. The summed E-state index contributed by atoms with van der Waals surface area (Å²) in [5, 5.41) is 4.91. The Balaban J connectivity index is 1.64. The minimum Gasteiger partial charge on any atom is -0.497 e. The highest BCUT2D eigenvalue weighted by molar-refractivity contribution is 5.92. The summed E-state index contributed by atoms with van der Waals surface area (Å²) in [5.74, 6) is 1.25. The van der Waals surface area contributed by atoms with Crippen LogP contribution in [0.3, 0.4) is 0 Å². The molecule has 0 unspecified atom stereocenters. The maximum atomic E-state index is 12.0. The quantitative estimate of drug-likeness (QED) is 0.767. The van der Waals surface area contributed by atoms with Gasteiger partial charge in [0.2, 0.25) is 0 Å². The minimum atomic E-state index is -0.190. The number of hydrogen-bond donors (Lipinski definition) is 1. The Morgan fingerprint density at radius 3 is 2.29 bits per heavy atom. The highest BCUT2D eigenvalue weighted by atomic mass is 16.5. The minimum absolute atomic E-state index is 0.0383. The third-order valence-corrected chi connectivity index (χ3v) is 3.72. The second-order valence-electron chi connectivity index (χ2n) is 5.58. The lowest BCUT2D eigenvalue weighted by molar-refractivity contribution is -0.118. The number of ether oxygens (including phenoxy) is 2. The zero-order valence-electron chi connectivity index (χ0n) is 13.7. The summed E-state index contributed by atoms with van der Waals surface area (Å²) >= 11 is 0. The van der Waals surface area contributed by atoms with Crippen molar-refractivity contribution in [3.05, 3.63) is 66.2 Å². The van der Waals surface area contributed by atoms with Crippen LogP contribution in [0.2, 0.25) is 0 Å². The molecule has 0 aliphatic rings. The Hall–Kier alpha value is -3.01. The van der Waals surface area contributed by atoms with Crippen LogP contribution in [-0.2, 0) is 4.79 Å². The summed E-state index contributed by atoms with van der Waals surface area (Å²) in [5.41, 5.74) is 1.91. The van der Waals surface area contributed by atoms with Gasteiger partial charge in [0.15, 0.2) is 6.61 Å². The lowest BCUT2D eigenvalue weighted by Crippen LogP contribution is -2.20. The predicted octanol–water partition coefficient (Wildman–Crippen LogP) is 4.17. The zero-order chi connectivity index (χ0) is 16.9. The number of benzene rings is 3. The largest absolute Gasteiger partial charge is 0.497 e. The van der Waals surface area contributed by atoms with E-state index in [1.165, 1.54) is 0 Å². The molecule has 0 aliphatic carbocycles. The number of hydrogen-bond acceptors (Lipinski definition) is 3. The average Bonchev–Trinajstić information content (AvgIpc) is 2.61. The lowest BCUT2D eigenvalue weighted by Gasteiger charge is -2.09. The van der Waals surface area contributed by atoms with Gasteiger partial charge < -0.3 is 14.8 Å². The smallest absolute Gasteiger partial charge is 0.262 e. The second kappa shape index (κ2) is 7.04. The molecule has 0 aliphatic heterocycles. The number of nitrogens with one attached hydrogen (secondary N) is 1. The molecule has 0 radical (unpaired) electrons. The lowest BCUT2D eigenvalue weighted by atomic mass is 10.1. The van der Waals surface area contributed by atoms with Crippen molar-refractivity contribution in [3.63, 3.8) is 0 Å². The standard InChI is InChI=1S/C20H19NO3/c1-14-3-7-17(8-4-14)21-20(22)13-24-19-10-6-15-5-9-18(23-2)11-16(15)12-19/h3-12H,13H2,1-2H3,(H,21,22). The van der Waals surface area contributed by atoms with Gasteiger partial charge in [-0.05, 0) is 54.1 Å². The molecule has 0 spiro atoms. The first-order valence-corrected chi connectivity index (χ1v) is 7.71. The number of anilines is 1. The Labute approximate surface area is 141 Å². The van der Waals surface area contributed by atoms with E-state index in [2.05, 4.69) is 5.32 Å². The summed E-state index contributed by atoms with van der Waals surface area (Å²) in [6.45, 7) is 1.97.